The third-order valence-corrected chi connectivity index (χ3v) is 6.13. The lowest BCUT2D eigenvalue weighted by Gasteiger charge is -2.24. The van der Waals surface area contributed by atoms with Gasteiger partial charge in [0.2, 0.25) is 6.79 Å². The summed E-state index contributed by atoms with van der Waals surface area (Å²) in [4.78, 5) is 33.1. The van der Waals surface area contributed by atoms with E-state index in [9.17, 15) is 9.59 Å². The molecule has 0 fully saturated rings. The van der Waals surface area contributed by atoms with Crippen LogP contribution in [0.25, 0.3) is 0 Å². The third kappa shape index (κ3) is 5.11. The number of nitrogens with zero attached hydrogens (tertiary/aromatic N) is 2. The van der Waals surface area contributed by atoms with Crippen LogP contribution in [0.3, 0.4) is 0 Å². The summed E-state index contributed by atoms with van der Waals surface area (Å²) in [5.74, 6) is 0.862. The van der Waals surface area contributed by atoms with Gasteiger partial charge in [-0.15, -0.1) is 0 Å². The van der Waals surface area contributed by atoms with Crippen LogP contribution in [0, 0.1) is 13.8 Å². The predicted molar refractivity (Wildman–Crippen MR) is 133 cm³/mol. The zero-order chi connectivity index (χ0) is 25.1. The van der Waals surface area contributed by atoms with E-state index in [-0.39, 0.29) is 12.7 Å². The van der Waals surface area contributed by atoms with E-state index in [2.05, 4.69) is 4.98 Å². The number of hydrogen-bond acceptors (Lipinski definition) is 6. The predicted octanol–water partition coefficient (Wildman–Crippen LogP) is 4.45. The minimum Gasteiger partial charge on any atom is -0.461 e. The first-order valence-electron chi connectivity index (χ1n) is 11.6. The van der Waals surface area contributed by atoms with Crippen molar-refractivity contribution in [1.82, 2.24) is 9.88 Å². The number of carbonyl (C=O) groups is 2. The van der Waals surface area contributed by atoms with Gasteiger partial charge >= 0.3 is 5.97 Å². The molecular formula is C27H31N3O5. The normalized spacial score (nSPS) is 11.9. The Morgan fingerprint density at radius 2 is 1.80 bits per heavy atom. The summed E-state index contributed by atoms with van der Waals surface area (Å²) < 4.78 is 16.1. The van der Waals surface area contributed by atoms with Gasteiger partial charge in [0.1, 0.15) is 5.69 Å². The fourth-order valence-electron chi connectivity index (χ4n) is 4.18. The highest BCUT2D eigenvalue weighted by atomic mass is 16.7. The topological polar surface area (TPSA) is 84.1 Å². The molecule has 0 aliphatic carbocycles. The Morgan fingerprint density at radius 1 is 1.03 bits per heavy atom. The highest BCUT2D eigenvalue weighted by Gasteiger charge is 2.24. The summed E-state index contributed by atoms with van der Waals surface area (Å²) in [6.07, 6.45) is 0. The van der Waals surface area contributed by atoms with Gasteiger partial charge in [0, 0.05) is 44.1 Å². The first-order chi connectivity index (χ1) is 16.8. The van der Waals surface area contributed by atoms with Gasteiger partial charge in [0.05, 0.1) is 6.61 Å². The molecule has 2 aromatic carbocycles. The first-order valence-corrected chi connectivity index (χ1v) is 11.6. The number of anilines is 1. The number of aryl methyl sites for hydroxylation is 1. The van der Waals surface area contributed by atoms with Gasteiger partial charge in [-0.2, -0.15) is 0 Å². The average molecular weight is 478 g/mol. The van der Waals surface area contributed by atoms with Crippen LogP contribution in [-0.2, 0) is 17.8 Å². The summed E-state index contributed by atoms with van der Waals surface area (Å²) in [7, 11) is 3.88. The van der Waals surface area contributed by atoms with Gasteiger partial charge in [-0.1, -0.05) is 12.1 Å². The van der Waals surface area contributed by atoms with Crippen molar-refractivity contribution in [3.8, 4) is 11.5 Å². The maximum absolute atomic E-state index is 13.8. The zero-order valence-corrected chi connectivity index (χ0v) is 20.8. The Labute approximate surface area is 205 Å². The molecule has 1 aliphatic rings. The number of fused-ring (bicyclic) bond motifs is 1. The fourth-order valence-corrected chi connectivity index (χ4v) is 4.18. The van der Waals surface area contributed by atoms with Crippen LogP contribution in [0.5, 0.6) is 11.5 Å². The molecule has 0 radical (unpaired) electrons. The van der Waals surface area contributed by atoms with Crippen molar-refractivity contribution < 1.29 is 23.8 Å². The number of rotatable bonds is 8. The monoisotopic (exact) mass is 477 g/mol. The van der Waals surface area contributed by atoms with Crippen molar-refractivity contribution in [3.63, 3.8) is 0 Å². The molecule has 35 heavy (non-hydrogen) atoms. The third-order valence-electron chi connectivity index (χ3n) is 6.13. The van der Waals surface area contributed by atoms with Gasteiger partial charge in [0.25, 0.3) is 5.91 Å². The molecule has 4 rings (SSSR count). The van der Waals surface area contributed by atoms with Crippen LogP contribution in [-0.4, -0.2) is 49.3 Å². The van der Waals surface area contributed by atoms with Crippen LogP contribution >= 0.6 is 0 Å². The van der Waals surface area contributed by atoms with Crippen molar-refractivity contribution in [2.45, 2.75) is 33.9 Å². The molecule has 0 unspecified atom stereocenters. The van der Waals surface area contributed by atoms with E-state index in [1.807, 2.05) is 75.3 Å². The number of carbonyl (C=O) groups excluding carboxylic acids is 2. The largest absolute Gasteiger partial charge is 0.461 e. The van der Waals surface area contributed by atoms with Crippen LogP contribution in [0.1, 0.15) is 50.2 Å². The number of benzene rings is 2. The van der Waals surface area contributed by atoms with Crippen molar-refractivity contribution in [2.75, 3.05) is 32.4 Å². The molecule has 0 spiro atoms. The Hall–Kier alpha value is -3.94. The highest BCUT2D eigenvalue weighted by Crippen LogP contribution is 2.33. The molecule has 1 amide bonds. The zero-order valence-electron chi connectivity index (χ0n) is 20.8. The minimum atomic E-state index is -0.397. The van der Waals surface area contributed by atoms with E-state index < -0.39 is 5.97 Å². The second-order valence-electron chi connectivity index (χ2n) is 8.74. The summed E-state index contributed by atoms with van der Waals surface area (Å²) in [5, 5.41) is 0. The maximum Gasteiger partial charge on any atom is 0.355 e. The molecule has 2 heterocycles. The molecule has 1 N–H and O–H groups in total. The Kier molecular flexibility index (Phi) is 7.00. The Morgan fingerprint density at radius 3 is 2.54 bits per heavy atom. The Balaban J connectivity index is 1.68. The SMILES string of the molecule is CCOC(=O)c1[nH]c(C)c(CN(Cc2ccc3c(c2)OCO3)C(=O)c2cccc(N(C)C)c2)c1C. The Bertz CT molecular complexity index is 1250. The van der Waals surface area contributed by atoms with Gasteiger partial charge in [-0.25, -0.2) is 4.79 Å². The van der Waals surface area contributed by atoms with Gasteiger partial charge < -0.3 is 29.0 Å². The first kappa shape index (κ1) is 24.2. The van der Waals surface area contributed by atoms with Gasteiger partial charge in [-0.05, 0) is 67.8 Å². The molecule has 0 bridgehead atoms. The molecule has 8 nitrogen and oxygen atoms in total. The molecule has 3 aromatic rings. The van der Waals surface area contributed by atoms with Crippen LogP contribution in [0.15, 0.2) is 42.5 Å². The molecular weight excluding hydrogens is 446 g/mol. The lowest BCUT2D eigenvalue weighted by molar-refractivity contribution is 0.0519. The number of hydrogen-bond donors (Lipinski definition) is 1. The standard InChI is InChI=1S/C27H31N3O5/c1-6-33-27(32)25-17(2)22(18(3)28-25)15-30(14-19-10-11-23-24(12-19)35-16-34-23)26(31)20-8-7-9-21(13-20)29(4)5/h7-13,28H,6,14-16H2,1-5H3. The number of amides is 1. The summed E-state index contributed by atoms with van der Waals surface area (Å²) in [5.41, 5.74) is 5.38. The quantitative estimate of drug-likeness (QED) is 0.483. The summed E-state index contributed by atoms with van der Waals surface area (Å²) in [6.45, 7) is 6.73. The molecule has 1 aliphatic heterocycles. The minimum absolute atomic E-state index is 0.107. The number of ether oxygens (including phenoxy) is 3. The van der Waals surface area contributed by atoms with Crippen LogP contribution in [0.2, 0.25) is 0 Å². The van der Waals surface area contributed by atoms with Crippen molar-refractivity contribution in [1.29, 1.82) is 0 Å². The maximum atomic E-state index is 13.8. The number of aromatic amines is 1. The molecule has 184 valence electrons. The molecule has 0 saturated carbocycles. The van der Waals surface area contributed by atoms with Crippen molar-refractivity contribution in [3.05, 3.63) is 76.1 Å². The van der Waals surface area contributed by atoms with E-state index >= 15 is 0 Å². The molecule has 0 saturated heterocycles. The van der Waals surface area contributed by atoms with E-state index in [0.29, 0.717) is 42.5 Å². The van der Waals surface area contributed by atoms with Crippen LogP contribution < -0.4 is 14.4 Å². The summed E-state index contributed by atoms with van der Waals surface area (Å²) >= 11 is 0. The number of H-pyrrole nitrogens is 1. The van der Waals surface area contributed by atoms with E-state index in [1.54, 1.807) is 11.8 Å². The van der Waals surface area contributed by atoms with E-state index in [0.717, 1.165) is 28.1 Å². The smallest absolute Gasteiger partial charge is 0.355 e. The van der Waals surface area contributed by atoms with E-state index in [1.165, 1.54) is 0 Å². The highest BCUT2D eigenvalue weighted by molar-refractivity contribution is 5.95. The lowest BCUT2D eigenvalue weighted by Crippen LogP contribution is -2.30. The molecule has 8 heteroatoms. The lowest BCUT2D eigenvalue weighted by atomic mass is 10.1. The number of aromatic nitrogens is 1. The fraction of sp³-hybridized carbons (Fsp3) is 0.333. The van der Waals surface area contributed by atoms with Crippen LogP contribution in [0.4, 0.5) is 5.69 Å². The molecule has 0 atom stereocenters. The number of esters is 1. The second-order valence-corrected chi connectivity index (χ2v) is 8.74. The van der Waals surface area contributed by atoms with Gasteiger partial charge in [-0.3, -0.25) is 4.79 Å². The van der Waals surface area contributed by atoms with Crippen molar-refractivity contribution >= 4 is 17.6 Å². The van der Waals surface area contributed by atoms with Gasteiger partial charge in [0.15, 0.2) is 11.5 Å². The van der Waals surface area contributed by atoms with Crippen molar-refractivity contribution in [2.24, 2.45) is 0 Å². The number of nitrogens with one attached hydrogen (secondary N) is 1. The second kappa shape index (κ2) is 10.1. The van der Waals surface area contributed by atoms with E-state index in [4.69, 9.17) is 14.2 Å². The summed E-state index contributed by atoms with van der Waals surface area (Å²) in [6, 6.07) is 13.2. The molecule has 1 aromatic heterocycles. The average Bonchev–Trinajstić information content (AvgIpc) is 3.42.